The van der Waals surface area contributed by atoms with Crippen LogP contribution in [0.15, 0.2) is 23.1 Å². The molecule has 0 radical (unpaired) electrons. The van der Waals surface area contributed by atoms with E-state index >= 15 is 0 Å². The van der Waals surface area contributed by atoms with Crippen molar-refractivity contribution >= 4 is 16.0 Å². The Morgan fingerprint density at radius 3 is 2.62 bits per heavy atom. The van der Waals surface area contributed by atoms with Crippen molar-refractivity contribution < 1.29 is 27.8 Å². The molecule has 21 heavy (non-hydrogen) atoms. The Morgan fingerprint density at radius 2 is 2.05 bits per heavy atom. The average Bonchev–Trinajstić information content (AvgIpc) is 2.96. The number of rotatable bonds is 5. The number of carboxylic acids is 1. The molecule has 1 heterocycles. The summed E-state index contributed by atoms with van der Waals surface area (Å²) in [5.41, 5.74) is 0. The number of hydrogen-bond acceptors (Lipinski definition) is 5. The molecule has 0 saturated carbocycles. The largest absolute Gasteiger partial charge is 0.497 e. The van der Waals surface area contributed by atoms with E-state index in [0.29, 0.717) is 18.6 Å². The van der Waals surface area contributed by atoms with Crippen molar-refractivity contribution in [2.45, 2.75) is 23.8 Å². The third-order valence-corrected chi connectivity index (χ3v) is 5.39. The summed E-state index contributed by atoms with van der Waals surface area (Å²) in [5.74, 6) is -0.545. The molecule has 1 fully saturated rings. The number of methoxy groups -OCH3 is 2. The van der Waals surface area contributed by atoms with Gasteiger partial charge in [-0.3, -0.25) is 4.79 Å². The highest BCUT2D eigenvalue weighted by molar-refractivity contribution is 7.89. The normalized spacial score (nSPS) is 19.4. The lowest BCUT2D eigenvalue weighted by atomic mass is 10.2. The van der Waals surface area contributed by atoms with Crippen molar-refractivity contribution in [3.05, 3.63) is 18.2 Å². The van der Waals surface area contributed by atoms with Gasteiger partial charge in [0.05, 0.1) is 14.2 Å². The first-order valence-electron chi connectivity index (χ1n) is 6.38. The maximum atomic E-state index is 12.7. The summed E-state index contributed by atoms with van der Waals surface area (Å²) in [6.07, 6.45) is 0.835. The second-order valence-corrected chi connectivity index (χ2v) is 6.49. The fourth-order valence-corrected chi connectivity index (χ4v) is 4.18. The molecule has 1 saturated heterocycles. The minimum Gasteiger partial charge on any atom is -0.497 e. The van der Waals surface area contributed by atoms with Gasteiger partial charge in [-0.05, 0) is 25.0 Å². The predicted octanol–water partition coefficient (Wildman–Crippen LogP) is 0.941. The number of sulfonamides is 1. The summed E-state index contributed by atoms with van der Waals surface area (Å²) < 4.78 is 36.5. The summed E-state index contributed by atoms with van der Waals surface area (Å²) in [5, 5.41) is 9.15. The van der Waals surface area contributed by atoms with E-state index in [0.717, 1.165) is 4.31 Å². The minimum atomic E-state index is -3.93. The van der Waals surface area contributed by atoms with Crippen molar-refractivity contribution in [3.63, 3.8) is 0 Å². The van der Waals surface area contributed by atoms with E-state index in [1.807, 2.05) is 0 Å². The number of nitrogens with zero attached hydrogens (tertiary/aromatic N) is 1. The van der Waals surface area contributed by atoms with Crippen molar-refractivity contribution in [1.29, 1.82) is 0 Å². The maximum Gasteiger partial charge on any atom is 0.322 e. The van der Waals surface area contributed by atoms with Crippen LogP contribution in [0.25, 0.3) is 0 Å². The molecule has 0 bridgehead atoms. The Bertz CT molecular complexity index is 642. The third-order valence-electron chi connectivity index (χ3n) is 3.45. The molecule has 0 spiro atoms. The number of aliphatic carboxylic acids is 1. The van der Waals surface area contributed by atoms with Gasteiger partial charge in [-0.2, -0.15) is 4.31 Å². The van der Waals surface area contributed by atoms with Gasteiger partial charge < -0.3 is 14.6 Å². The number of carboxylic acid groups (broad SMARTS) is 1. The van der Waals surface area contributed by atoms with E-state index in [1.165, 1.54) is 32.4 Å². The van der Waals surface area contributed by atoms with E-state index in [4.69, 9.17) is 14.6 Å². The van der Waals surface area contributed by atoms with Crippen molar-refractivity contribution in [2.75, 3.05) is 20.8 Å². The quantitative estimate of drug-likeness (QED) is 0.869. The SMILES string of the molecule is COc1ccc(S(=O)(=O)N2CCC[C@@H]2C(=O)O)c(OC)c1. The van der Waals surface area contributed by atoms with E-state index < -0.39 is 22.0 Å². The van der Waals surface area contributed by atoms with E-state index in [9.17, 15) is 13.2 Å². The fourth-order valence-electron chi connectivity index (χ4n) is 2.39. The van der Waals surface area contributed by atoms with Gasteiger partial charge in [0.2, 0.25) is 10.0 Å². The molecule has 7 nitrogen and oxygen atoms in total. The van der Waals surface area contributed by atoms with Crippen LogP contribution in [0, 0.1) is 0 Å². The lowest BCUT2D eigenvalue weighted by molar-refractivity contribution is -0.140. The third kappa shape index (κ3) is 2.81. The highest BCUT2D eigenvalue weighted by Crippen LogP contribution is 2.33. The summed E-state index contributed by atoms with van der Waals surface area (Å²) >= 11 is 0. The van der Waals surface area contributed by atoms with Crippen LogP contribution in [0.2, 0.25) is 0 Å². The second-order valence-electron chi connectivity index (χ2n) is 4.63. The highest BCUT2D eigenvalue weighted by Gasteiger charge is 2.40. The molecule has 8 heteroatoms. The Balaban J connectivity index is 2.46. The van der Waals surface area contributed by atoms with Crippen LogP contribution in [0.1, 0.15) is 12.8 Å². The van der Waals surface area contributed by atoms with Gasteiger partial charge in [0.25, 0.3) is 0 Å². The topological polar surface area (TPSA) is 93.1 Å². The fraction of sp³-hybridized carbons (Fsp3) is 0.462. The standard InChI is InChI=1S/C13H17NO6S/c1-19-9-5-6-12(11(8-9)20-2)21(17,18)14-7-3-4-10(14)13(15)16/h5-6,8,10H,3-4,7H2,1-2H3,(H,15,16)/t10-/m1/s1. The lowest BCUT2D eigenvalue weighted by Gasteiger charge is -2.22. The van der Waals surface area contributed by atoms with Gasteiger partial charge in [-0.1, -0.05) is 0 Å². The van der Waals surface area contributed by atoms with Crippen molar-refractivity contribution in [2.24, 2.45) is 0 Å². The molecule has 1 aromatic carbocycles. The summed E-state index contributed by atoms with van der Waals surface area (Å²) in [6.45, 7) is 0.189. The Hall–Kier alpha value is -1.80. The van der Waals surface area contributed by atoms with Crippen LogP contribution < -0.4 is 9.47 Å². The molecule has 2 rings (SSSR count). The molecule has 1 N–H and O–H groups in total. The molecule has 1 aliphatic rings. The number of benzene rings is 1. The number of carbonyl (C=O) groups is 1. The molecule has 1 atom stereocenters. The van der Waals surface area contributed by atoms with Crippen LogP contribution >= 0.6 is 0 Å². The van der Waals surface area contributed by atoms with Crippen LogP contribution in [0.3, 0.4) is 0 Å². The minimum absolute atomic E-state index is 0.0565. The van der Waals surface area contributed by atoms with E-state index in [1.54, 1.807) is 0 Å². The molecule has 116 valence electrons. The molecular weight excluding hydrogens is 298 g/mol. The lowest BCUT2D eigenvalue weighted by Crippen LogP contribution is -2.40. The molecule has 1 aliphatic heterocycles. The van der Waals surface area contributed by atoms with Crippen LogP contribution in [-0.4, -0.2) is 50.6 Å². The summed E-state index contributed by atoms with van der Waals surface area (Å²) in [6, 6.07) is 3.30. The smallest absolute Gasteiger partial charge is 0.322 e. The maximum absolute atomic E-state index is 12.7. The predicted molar refractivity (Wildman–Crippen MR) is 74.1 cm³/mol. The Labute approximate surface area is 123 Å². The van der Waals surface area contributed by atoms with Crippen molar-refractivity contribution in [1.82, 2.24) is 4.31 Å². The van der Waals surface area contributed by atoms with Gasteiger partial charge in [0.15, 0.2) is 0 Å². The van der Waals surface area contributed by atoms with Gasteiger partial charge in [-0.25, -0.2) is 8.42 Å². The van der Waals surface area contributed by atoms with Crippen LogP contribution in [-0.2, 0) is 14.8 Å². The highest BCUT2D eigenvalue weighted by atomic mass is 32.2. The van der Waals surface area contributed by atoms with Gasteiger partial charge in [0.1, 0.15) is 22.4 Å². The zero-order valence-electron chi connectivity index (χ0n) is 11.8. The number of hydrogen-bond donors (Lipinski definition) is 1. The first-order valence-corrected chi connectivity index (χ1v) is 7.82. The van der Waals surface area contributed by atoms with Gasteiger partial charge in [0, 0.05) is 12.6 Å². The van der Waals surface area contributed by atoms with Crippen LogP contribution in [0.4, 0.5) is 0 Å². The molecule has 0 unspecified atom stereocenters. The summed E-state index contributed by atoms with van der Waals surface area (Å²) in [7, 11) is -1.11. The Morgan fingerprint density at radius 1 is 1.33 bits per heavy atom. The van der Waals surface area contributed by atoms with E-state index in [2.05, 4.69) is 0 Å². The zero-order valence-corrected chi connectivity index (χ0v) is 12.6. The second kappa shape index (κ2) is 5.90. The molecule has 0 amide bonds. The molecule has 0 aromatic heterocycles. The van der Waals surface area contributed by atoms with Gasteiger partial charge in [-0.15, -0.1) is 0 Å². The molecule has 0 aliphatic carbocycles. The monoisotopic (exact) mass is 315 g/mol. The average molecular weight is 315 g/mol. The van der Waals surface area contributed by atoms with E-state index in [-0.39, 0.29) is 17.2 Å². The summed E-state index contributed by atoms with van der Waals surface area (Å²) in [4.78, 5) is 11.1. The van der Waals surface area contributed by atoms with Gasteiger partial charge >= 0.3 is 5.97 Å². The number of ether oxygens (including phenoxy) is 2. The Kier molecular flexibility index (Phi) is 4.38. The first kappa shape index (κ1) is 15.6. The first-order chi connectivity index (χ1) is 9.91. The molecular formula is C13H17NO6S. The zero-order chi connectivity index (χ0) is 15.6. The van der Waals surface area contributed by atoms with Crippen LogP contribution in [0.5, 0.6) is 11.5 Å². The molecule has 1 aromatic rings. The van der Waals surface area contributed by atoms with Crippen molar-refractivity contribution in [3.8, 4) is 11.5 Å².